The number of nitrogens with zero attached hydrogens (tertiary/aromatic N) is 1. The van der Waals surface area contributed by atoms with Crippen LogP contribution in [0.1, 0.15) is 51.9 Å². The summed E-state index contributed by atoms with van der Waals surface area (Å²) < 4.78 is 0. The average Bonchev–Trinajstić information content (AvgIpc) is 2.72. The standard InChI is InChI=1S/C15H28N2O2/c1-2-15(8-6-9-16-12-15)14(19)17-10-5-3-4-7-13(17)11-18/h13,16,18H,2-12H2,1H3. The Balaban J connectivity index is 2.14. The number of hydrogen-bond donors (Lipinski definition) is 2. The topological polar surface area (TPSA) is 52.6 Å². The van der Waals surface area contributed by atoms with E-state index in [1.807, 2.05) is 4.90 Å². The highest BCUT2D eigenvalue weighted by atomic mass is 16.3. The summed E-state index contributed by atoms with van der Waals surface area (Å²) in [6, 6.07) is 0.0420. The molecule has 0 aromatic rings. The molecular weight excluding hydrogens is 240 g/mol. The van der Waals surface area contributed by atoms with Crippen LogP contribution in [0.25, 0.3) is 0 Å². The van der Waals surface area contributed by atoms with Gasteiger partial charge >= 0.3 is 0 Å². The normalized spacial score (nSPS) is 32.9. The van der Waals surface area contributed by atoms with Crippen molar-refractivity contribution in [1.82, 2.24) is 10.2 Å². The van der Waals surface area contributed by atoms with Crippen molar-refractivity contribution in [2.45, 2.75) is 57.9 Å². The van der Waals surface area contributed by atoms with Gasteiger partial charge in [0.1, 0.15) is 0 Å². The summed E-state index contributed by atoms with van der Waals surface area (Å²) in [6.07, 6.45) is 7.31. The molecule has 0 bridgehead atoms. The molecule has 19 heavy (non-hydrogen) atoms. The Bertz CT molecular complexity index is 301. The van der Waals surface area contributed by atoms with E-state index in [0.29, 0.717) is 0 Å². The molecule has 2 saturated heterocycles. The van der Waals surface area contributed by atoms with E-state index < -0.39 is 0 Å². The van der Waals surface area contributed by atoms with Crippen molar-refractivity contribution in [3.8, 4) is 0 Å². The Hall–Kier alpha value is -0.610. The highest BCUT2D eigenvalue weighted by molar-refractivity contribution is 5.83. The number of aliphatic hydroxyl groups excluding tert-OH is 1. The Labute approximate surface area is 116 Å². The van der Waals surface area contributed by atoms with Gasteiger partial charge in [0.15, 0.2) is 0 Å². The number of likely N-dealkylation sites (tertiary alicyclic amines) is 1. The van der Waals surface area contributed by atoms with E-state index in [-0.39, 0.29) is 24.0 Å². The minimum atomic E-state index is -0.226. The molecule has 110 valence electrons. The predicted molar refractivity (Wildman–Crippen MR) is 75.9 cm³/mol. The third-order valence-electron chi connectivity index (χ3n) is 4.95. The summed E-state index contributed by atoms with van der Waals surface area (Å²) in [5.74, 6) is 0.281. The van der Waals surface area contributed by atoms with Crippen LogP contribution >= 0.6 is 0 Å². The molecule has 0 saturated carbocycles. The predicted octanol–water partition coefficient (Wildman–Crippen LogP) is 1.53. The maximum Gasteiger partial charge on any atom is 0.230 e. The van der Waals surface area contributed by atoms with Crippen molar-refractivity contribution >= 4 is 5.91 Å². The molecule has 2 rings (SSSR count). The van der Waals surface area contributed by atoms with Gasteiger partial charge in [-0.2, -0.15) is 0 Å². The van der Waals surface area contributed by atoms with Crippen LogP contribution in [0, 0.1) is 5.41 Å². The maximum absolute atomic E-state index is 13.0. The number of rotatable bonds is 3. The molecule has 2 aliphatic rings. The lowest BCUT2D eigenvalue weighted by Crippen LogP contribution is -2.54. The summed E-state index contributed by atoms with van der Waals surface area (Å²) in [5, 5.41) is 13.0. The lowest BCUT2D eigenvalue weighted by Gasteiger charge is -2.41. The van der Waals surface area contributed by atoms with Crippen LogP contribution in [0.15, 0.2) is 0 Å². The first-order valence-corrected chi connectivity index (χ1v) is 7.86. The molecule has 2 heterocycles. The lowest BCUT2D eigenvalue weighted by atomic mass is 9.76. The van der Waals surface area contributed by atoms with Crippen molar-refractivity contribution in [2.75, 3.05) is 26.2 Å². The van der Waals surface area contributed by atoms with Crippen LogP contribution in [0.3, 0.4) is 0 Å². The molecule has 4 heteroatoms. The second-order valence-electron chi connectivity index (χ2n) is 6.10. The second-order valence-corrected chi connectivity index (χ2v) is 6.10. The second kappa shape index (κ2) is 6.71. The minimum Gasteiger partial charge on any atom is -0.394 e. The third kappa shape index (κ3) is 3.11. The van der Waals surface area contributed by atoms with Gasteiger partial charge in [-0.05, 0) is 38.6 Å². The number of piperidine rings is 1. The summed E-state index contributed by atoms with van der Waals surface area (Å²) in [4.78, 5) is 15.0. The molecule has 2 N–H and O–H groups in total. The molecular formula is C15H28N2O2. The fourth-order valence-corrected chi connectivity index (χ4v) is 3.54. The highest BCUT2D eigenvalue weighted by Crippen LogP contribution is 2.34. The zero-order valence-electron chi connectivity index (χ0n) is 12.2. The highest BCUT2D eigenvalue weighted by Gasteiger charge is 2.42. The van der Waals surface area contributed by atoms with Crippen LogP contribution in [-0.2, 0) is 4.79 Å². The van der Waals surface area contributed by atoms with Crippen molar-refractivity contribution in [3.05, 3.63) is 0 Å². The molecule has 0 aliphatic carbocycles. The molecule has 2 atom stereocenters. The Morgan fingerprint density at radius 1 is 1.37 bits per heavy atom. The monoisotopic (exact) mass is 268 g/mol. The first kappa shape index (κ1) is 14.8. The van der Waals surface area contributed by atoms with Crippen LogP contribution in [-0.4, -0.2) is 48.2 Å². The van der Waals surface area contributed by atoms with Crippen molar-refractivity contribution in [2.24, 2.45) is 5.41 Å². The number of carbonyl (C=O) groups is 1. The molecule has 2 fully saturated rings. The van der Waals surface area contributed by atoms with Crippen molar-refractivity contribution in [1.29, 1.82) is 0 Å². The summed E-state index contributed by atoms with van der Waals surface area (Å²) in [6.45, 7) is 4.89. The Morgan fingerprint density at radius 2 is 2.21 bits per heavy atom. The molecule has 0 aromatic heterocycles. The number of aliphatic hydroxyl groups is 1. The van der Waals surface area contributed by atoms with Crippen molar-refractivity contribution in [3.63, 3.8) is 0 Å². The number of hydrogen-bond acceptors (Lipinski definition) is 3. The van der Waals surface area contributed by atoms with Crippen LogP contribution in [0.4, 0.5) is 0 Å². The summed E-state index contributed by atoms with van der Waals surface area (Å²) in [5.41, 5.74) is -0.226. The van der Waals surface area contributed by atoms with E-state index in [4.69, 9.17) is 0 Å². The van der Waals surface area contributed by atoms with Gasteiger partial charge in [-0.1, -0.05) is 19.8 Å². The summed E-state index contributed by atoms with van der Waals surface area (Å²) >= 11 is 0. The van der Waals surface area contributed by atoms with Crippen LogP contribution in [0.2, 0.25) is 0 Å². The van der Waals surface area contributed by atoms with Crippen LogP contribution in [0.5, 0.6) is 0 Å². The zero-order valence-corrected chi connectivity index (χ0v) is 12.2. The van der Waals surface area contributed by atoms with Gasteiger partial charge in [0.2, 0.25) is 5.91 Å². The lowest BCUT2D eigenvalue weighted by molar-refractivity contribution is -0.147. The quantitative estimate of drug-likeness (QED) is 0.816. The molecule has 2 unspecified atom stereocenters. The number of carbonyl (C=O) groups excluding carboxylic acids is 1. The number of nitrogens with one attached hydrogen (secondary N) is 1. The van der Waals surface area contributed by atoms with Gasteiger partial charge in [-0.25, -0.2) is 0 Å². The smallest absolute Gasteiger partial charge is 0.230 e. The Kier molecular flexibility index (Phi) is 5.22. The molecule has 0 radical (unpaired) electrons. The van der Waals surface area contributed by atoms with Gasteiger partial charge in [0, 0.05) is 13.1 Å². The zero-order chi connectivity index (χ0) is 13.7. The molecule has 4 nitrogen and oxygen atoms in total. The van der Waals surface area contributed by atoms with E-state index in [1.54, 1.807) is 0 Å². The van der Waals surface area contributed by atoms with E-state index in [2.05, 4.69) is 12.2 Å². The Morgan fingerprint density at radius 3 is 2.84 bits per heavy atom. The molecule has 0 spiro atoms. The summed E-state index contributed by atoms with van der Waals surface area (Å²) in [7, 11) is 0. The maximum atomic E-state index is 13.0. The van der Waals surface area contributed by atoms with E-state index >= 15 is 0 Å². The largest absolute Gasteiger partial charge is 0.394 e. The molecule has 0 aromatic carbocycles. The first-order valence-electron chi connectivity index (χ1n) is 7.86. The fourth-order valence-electron chi connectivity index (χ4n) is 3.54. The molecule has 2 aliphatic heterocycles. The molecule has 1 amide bonds. The van der Waals surface area contributed by atoms with Gasteiger partial charge < -0.3 is 15.3 Å². The van der Waals surface area contributed by atoms with Gasteiger partial charge in [-0.15, -0.1) is 0 Å². The van der Waals surface area contributed by atoms with E-state index in [1.165, 1.54) is 6.42 Å². The number of amides is 1. The van der Waals surface area contributed by atoms with Crippen molar-refractivity contribution < 1.29 is 9.90 Å². The first-order chi connectivity index (χ1) is 9.23. The van der Waals surface area contributed by atoms with E-state index in [9.17, 15) is 9.90 Å². The van der Waals surface area contributed by atoms with Crippen LogP contribution < -0.4 is 5.32 Å². The minimum absolute atomic E-state index is 0.0420. The fraction of sp³-hybridized carbons (Fsp3) is 0.933. The average molecular weight is 268 g/mol. The SMILES string of the molecule is CCC1(C(=O)N2CCCCCC2CO)CCCNC1. The van der Waals surface area contributed by atoms with Gasteiger partial charge in [0.05, 0.1) is 18.1 Å². The van der Waals surface area contributed by atoms with Gasteiger partial charge in [-0.3, -0.25) is 4.79 Å². The van der Waals surface area contributed by atoms with Gasteiger partial charge in [0.25, 0.3) is 0 Å². The third-order valence-corrected chi connectivity index (χ3v) is 4.95. The van der Waals surface area contributed by atoms with E-state index in [0.717, 1.165) is 58.2 Å².